The van der Waals surface area contributed by atoms with Crippen molar-refractivity contribution in [3.63, 3.8) is 0 Å². The Bertz CT molecular complexity index is 668. The molecule has 1 aromatic heterocycles. The summed E-state index contributed by atoms with van der Waals surface area (Å²) in [6, 6.07) is 16.1. The molecule has 2 heterocycles. The Morgan fingerprint density at radius 1 is 1.26 bits per heavy atom. The summed E-state index contributed by atoms with van der Waals surface area (Å²) in [6.07, 6.45) is 1.79. The lowest BCUT2D eigenvalue weighted by Crippen LogP contribution is -2.44. The number of nitriles is 1. The van der Waals surface area contributed by atoms with Crippen LogP contribution in [-0.4, -0.2) is 42.2 Å². The van der Waals surface area contributed by atoms with Crippen molar-refractivity contribution < 1.29 is 4.74 Å². The van der Waals surface area contributed by atoms with Crippen LogP contribution >= 0.6 is 0 Å². The fourth-order valence-electron chi connectivity index (χ4n) is 2.74. The second kappa shape index (κ2) is 7.73. The third-order valence-corrected chi connectivity index (χ3v) is 3.90. The fraction of sp³-hybridized carbons (Fsp3) is 0.333. The number of morpholine rings is 1. The number of ether oxygens (including phenoxy) is 1. The van der Waals surface area contributed by atoms with E-state index in [1.54, 1.807) is 18.3 Å². The molecule has 1 fully saturated rings. The van der Waals surface area contributed by atoms with Gasteiger partial charge in [0.1, 0.15) is 11.9 Å². The summed E-state index contributed by atoms with van der Waals surface area (Å²) in [5.74, 6) is 0.624. The number of nitrogens with one attached hydrogen (secondary N) is 1. The van der Waals surface area contributed by atoms with E-state index in [0.29, 0.717) is 17.9 Å². The molecule has 1 aromatic carbocycles. The van der Waals surface area contributed by atoms with Crippen LogP contribution in [0.1, 0.15) is 11.1 Å². The van der Waals surface area contributed by atoms with Gasteiger partial charge in [0.2, 0.25) is 0 Å². The fourth-order valence-corrected chi connectivity index (χ4v) is 2.74. The smallest absolute Gasteiger partial charge is 0.143 e. The van der Waals surface area contributed by atoms with Gasteiger partial charge in [-0.15, -0.1) is 0 Å². The Morgan fingerprint density at radius 3 is 2.96 bits per heavy atom. The maximum Gasteiger partial charge on any atom is 0.143 e. The van der Waals surface area contributed by atoms with Crippen LogP contribution in [-0.2, 0) is 11.3 Å². The van der Waals surface area contributed by atoms with Crippen LogP contribution in [0, 0.1) is 11.3 Å². The molecular formula is C18H20N4O. The summed E-state index contributed by atoms with van der Waals surface area (Å²) in [6.45, 7) is 4.13. The Morgan fingerprint density at radius 2 is 2.13 bits per heavy atom. The second-order valence-electron chi connectivity index (χ2n) is 5.61. The second-order valence-corrected chi connectivity index (χ2v) is 5.61. The molecule has 1 saturated heterocycles. The number of rotatable bonds is 5. The van der Waals surface area contributed by atoms with Crippen LogP contribution in [0.5, 0.6) is 0 Å². The number of hydrogen-bond donors (Lipinski definition) is 1. The highest BCUT2D eigenvalue weighted by atomic mass is 16.5. The quantitative estimate of drug-likeness (QED) is 0.918. The summed E-state index contributed by atoms with van der Waals surface area (Å²) < 4.78 is 5.83. The average molecular weight is 308 g/mol. The molecule has 23 heavy (non-hydrogen) atoms. The number of benzene rings is 1. The molecule has 0 unspecified atom stereocenters. The van der Waals surface area contributed by atoms with Gasteiger partial charge in [-0.3, -0.25) is 4.90 Å². The highest BCUT2D eigenvalue weighted by Gasteiger charge is 2.20. The molecular weight excluding hydrogens is 288 g/mol. The van der Waals surface area contributed by atoms with Crippen molar-refractivity contribution in [1.82, 2.24) is 9.88 Å². The zero-order valence-corrected chi connectivity index (χ0v) is 13.0. The first-order valence-electron chi connectivity index (χ1n) is 7.82. The first-order chi connectivity index (χ1) is 11.3. The number of aromatic nitrogens is 1. The Labute approximate surface area is 136 Å². The molecule has 1 aliphatic rings. The van der Waals surface area contributed by atoms with E-state index in [0.717, 1.165) is 26.2 Å². The summed E-state index contributed by atoms with van der Waals surface area (Å²) in [4.78, 5) is 6.62. The SMILES string of the molecule is N#Cc1cccnc1NC[C@@H]1CN(Cc2ccccc2)CCO1. The van der Waals surface area contributed by atoms with Gasteiger partial charge in [-0.1, -0.05) is 30.3 Å². The molecule has 3 rings (SSSR count). The monoisotopic (exact) mass is 308 g/mol. The predicted molar refractivity (Wildman–Crippen MR) is 88.9 cm³/mol. The highest BCUT2D eigenvalue weighted by molar-refractivity contribution is 5.51. The van der Waals surface area contributed by atoms with E-state index in [-0.39, 0.29) is 6.10 Å². The zero-order valence-electron chi connectivity index (χ0n) is 13.0. The molecule has 0 radical (unpaired) electrons. The van der Waals surface area contributed by atoms with Gasteiger partial charge in [-0.2, -0.15) is 5.26 Å². The van der Waals surface area contributed by atoms with Gasteiger partial charge in [-0.05, 0) is 17.7 Å². The highest BCUT2D eigenvalue weighted by Crippen LogP contribution is 2.13. The Hall–Kier alpha value is -2.42. The van der Waals surface area contributed by atoms with Crippen LogP contribution in [0.4, 0.5) is 5.82 Å². The first-order valence-corrected chi connectivity index (χ1v) is 7.82. The molecule has 5 nitrogen and oxygen atoms in total. The van der Waals surface area contributed by atoms with Crippen LogP contribution in [0.15, 0.2) is 48.7 Å². The maximum absolute atomic E-state index is 9.09. The third kappa shape index (κ3) is 4.28. The molecule has 5 heteroatoms. The topological polar surface area (TPSA) is 61.2 Å². The van der Waals surface area contributed by atoms with Crippen LogP contribution in [0.2, 0.25) is 0 Å². The van der Waals surface area contributed by atoms with Crippen molar-refractivity contribution in [2.24, 2.45) is 0 Å². The number of anilines is 1. The molecule has 0 aliphatic carbocycles. The zero-order chi connectivity index (χ0) is 15.9. The van der Waals surface area contributed by atoms with Crippen molar-refractivity contribution in [1.29, 1.82) is 5.26 Å². The molecule has 0 saturated carbocycles. The lowest BCUT2D eigenvalue weighted by Gasteiger charge is -2.33. The van der Waals surface area contributed by atoms with Gasteiger partial charge >= 0.3 is 0 Å². The number of hydrogen-bond acceptors (Lipinski definition) is 5. The van der Waals surface area contributed by atoms with E-state index in [1.807, 2.05) is 6.07 Å². The van der Waals surface area contributed by atoms with E-state index < -0.39 is 0 Å². The Kier molecular flexibility index (Phi) is 5.20. The Balaban J connectivity index is 1.54. The van der Waals surface area contributed by atoms with Gasteiger partial charge in [0, 0.05) is 32.4 Å². The van der Waals surface area contributed by atoms with Crippen molar-refractivity contribution in [2.45, 2.75) is 12.6 Å². The third-order valence-electron chi connectivity index (χ3n) is 3.90. The summed E-state index contributed by atoms with van der Waals surface area (Å²) in [7, 11) is 0. The van der Waals surface area contributed by atoms with Gasteiger partial charge in [0.05, 0.1) is 18.3 Å². The summed E-state index contributed by atoms with van der Waals surface area (Å²) in [5, 5.41) is 12.3. The van der Waals surface area contributed by atoms with Crippen molar-refractivity contribution in [3.05, 3.63) is 59.8 Å². The number of pyridine rings is 1. The van der Waals surface area contributed by atoms with Crippen molar-refractivity contribution >= 4 is 5.82 Å². The lowest BCUT2D eigenvalue weighted by molar-refractivity contribution is -0.0240. The van der Waals surface area contributed by atoms with E-state index >= 15 is 0 Å². The van der Waals surface area contributed by atoms with Gasteiger partial charge in [-0.25, -0.2) is 4.98 Å². The standard InChI is InChI=1S/C18H20N4O/c19-11-16-7-4-8-20-18(16)21-12-17-14-22(9-10-23-17)13-15-5-2-1-3-6-15/h1-8,17H,9-10,12-14H2,(H,20,21)/t17-/m1/s1. The van der Waals surface area contributed by atoms with Crippen molar-refractivity contribution in [2.75, 3.05) is 31.6 Å². The van der Waals surface area contributed by atoms with E-state index in [1.165, 1.54) is 5.56 Å². The van der Waals surface area contributed by atoms with Gasteiger partial charge < -0.3 is 10.1 Å². The molecule has 0 spiro atoms. The lowest BCUT2D eigenvalue weighted by atomic mass is 10.2. The molecule has 2 aromatic rings. The predicted octanol–water partition coefficient (Wildman–Crippen LogP) is 2.27. The van der Waals surface area contributed by atoms with Crippen LogP contribution < -0.4 is 5.32 Å². The van der Waals surface area contributed by atoms with Crippen LogP contribution in [0.3, 0.4) is 0 Å². The average Bonchev–Trinajstić information content (AvgIpc) is 2.61. The molecule has 0 amide bonds. The summed E-state index contributed by atoms with van der Waals surface area (Å²) in [5.41, 5.74) is 1.88. The molecule has 1 atom stereocenters. The molecule has 1 aliphatic heterocycles. The maximum atomic E-state index is 9.09. The minimum absolute atomic E-state index is 0.0982. The van der Waals surface area contributed by atoms with Crippen LogP contribution in [0.25, 0.3) is 0 Å². The van der Waals surface area contributed by atoms with Gasteiger partial charge in [0.15, 0.2) is 0 Å². The minimum Gasteiger partial charge on any atom is -0.374 e. The van der Waals surface area contributed by atoms with Gasteiger partial charge in [0.25, 0.3) is 0 Å². The van der Waals surface area contributed by atoms with E-state index in [4.69, 9.17) is 10.00 Å². The molecule has 1 N–H and O–H groups in total. The van der Waals surface area contributed by atoms with E-state index in [9.17, 15) is 0 Å². The molecule has 118 valence electrons. The summed E-state index contributed by atoms with van der Waals surface area (Å²) >= 11 is 0. The minimum atomic E-state index is 0.0982. The van der Waals surface area contributed by atoms with Crippen molar-refractivity contribution in [3.8, 4) is 6.07 Å². The normalized spacial score (nSPS) is 18.3. The number of nitrogens with zero attached hydrogens (tertiary/aromatic N) is 3. The first kappa shape index (κ1) is 15.5. The molecule has 0 bridgehead atoms. The van der Waals surface area contributed by atoms with E-state index in [2.05, 4.69) is 45.5 Å². The largest absolute Gasteiger partial charge is 0.374 e.